The fourth-order valence-electron chi connectivity index (χ4n) is 4.07. The first kappa shape index (κ1) is 19.4. The van der Waals surface area contributed by atoms with Crippen molar-refractivity contribution in [1.82, 2.24) is 9.88 Å². The summed E-state index contributed by atoms with van der Waals surface area (Å²) in [6.07, 6.45) is -0.367. The largest absolute Gasteiger partial charge is 0.465 e. The summed E-state index contributed by atoms with van der Waals surface area (Å²) < 4.78 is 1.00. The van der Waals surface area contributed by atoms with Crippen molar-refractivity contribution in [3.8, 4) is 0 Å². The van der Waals surface area contributed by atoms with Gasteiger partial charge in [-0.3, -0.25) is 10.1 Å². The topological polar surface area (TPSA) is 82.5 Å². The van der Waals surface area contributed by atoms with Crippen LogP contribution in [-0.2, 0) is 6.42 Å². The minimum atomic E-state index is -0.961. The Morgan fingerprint density at radius 1 is 1.17 bits per heavy atom. The van der Waals surface area contributed by atoms with E-state index in [1.54, 1.807) is 6.07 Å². The molecule has 4 rings (SSSR count). The van der Waals surface area contributed by atoms with Crippen molar-refractivity contribution in [2.45, 2.75) is 33.2 Å². The molecule has 0 bridgehead atoms. The maximum Gasteiger partial charge on any atom is 0.407 e. The summed E-state index contributed by atoms with van der Waals surface area (Å²) in [7, 11) is 0. The normalized spacial score (nSPS) is 16.5. The van der Waals surface area contributed by atoms with Crippen LogP contribution in [0.15, 0.2) is 42.5 Å². The van der Waals surface area contributed by atoms with Crippen LogP contribution in [0.5, 0.6) is 0 Å². The lowest BCUT2D eigenvalue weighted by Gasteiger charge is -2.43. The standard InChI is InChI=1S/C22H23N3O3S/c1-22(2,3)18-17-13(11-12-25(18)21(27)28)7-6-8-14(17)19(26)24-20-23-15-9-4-5-10-16(15)29-20/h4-10,18H,11-12H2,1-3H3,(H,27,28)(H,23,24,26). The third-order valence-electron chi connectivity index (χ3n) is 5.23. The van der Waals surface area contributed by atoms with E-state index in [-0.39, 0.29) is 11.3 Å². The van der Waals surface area contributed by atoms with Crippen molar-refractivity contribution in [2.24, 2.45) is 5.41 Å². The van der Waals surface area contributed by atoms with E-state index in [9.17, 15) is 14.7 Å². The van der Waals surface area contributed by atoms with E-state index in [1.807, 2.05) is 57.2 Å². The Morgan fingerprint density at radius 3 is 2.62 bits per heavy atom. The molecule has 2 heterocycles. The molecule has 0 radical (unpaired) electrons. The summed E-state index contributed by atoms with van der Waals surface area (Å²) in [4.78, 5) is 31.0. The molecule has 2 amide bonds. The van der Waals surface area contributed by atoms with Crippen LogP contribution >= 0.6 is 11.3 Å². The lowest BCUT2D eigenvalue weighted by atomic mass is 9.75. The number of benzene rings is 2. The zero-order chi connectivity index (χ0) is 20.8. The second-order valence-electron chi connectivity index (χ2n) is 8.31. The van der Waals surface area contributed by atoms with Gasteiger partial charge in [-0.25, -0.2) is 9.78 Å². The quantitative estimate of drug-likeness (QED) is 0.611. The predicted molar refractivity (Wildman–Crippen MR) is 115 cm³/mol. The Bertz CT molecular complexity index is 1070. The van der Waals surface area contributed by atoms with Gasteiger partial charge in [0.05, 0.1) is 16.3 Å². The Hall–Kier alpha value is -2.93. The number of carboxylic acid groups (broad SMARTS) is 1. The van der Waals surface area contributed by atoms with E-state index >= 15 is 0 Å². The molecule has 2 N–H and O–H groups in total. The highest BCUT2D eigenvalue weighted by atomic mass is 32.1. The Morgan fingerprint density at radius 2 is 1.93 bits per heavy atom. The van der Waals surface area contributed by atoms with E-state index in [4.69, 9.17) is 0 Å². The van der Waals surface area contributed by atoms with Crippen LogP contribution < -0.4 is 5.32 Å². The number of hydrogen-bond acceptors (Lipinski definition) is 4. The molecule has 0 aliphatic carbocycles. The van der Waals surface area contributed by atoms with Gasteiger partial charge >= 0.3 is 6.09 Å². The van der Waals surface area contributed by atoms with Crippen LogP contribution in [0.4, 0.5) is 9.93 Å². The van der Waals surface area contributed by atoms with Crippen LogP contribution in [0, 0.1) is 5.41 Å². The van der Waals surface area contributed by atoms with E-state index in [0.29, 0.717) is 23.7 Å². The fourth-order valence-corrected chi connectivity index (χ4v) is 4.94. The van der Waals surface area contributed by atoms with Crippen molar-refractivity contribution in [3.05, 3.63) is 59.2 Å². The van der Waals surface area contributed by atoms with Crippen molar-refractivity contribution >= 4 is 38.7 Å². The first-order valence-electron chi connectivity index (χ1n) is 9.54. The number of para-hydroxylation sites is 1. The molecule has 0 saturated carbocycles. The second kappa shape index (κ2) is 7.15. The van der Waals surface area contributed by atoms with Crippen LogP contribution in [-0.4, -0.2) is 33.5 Å². The maximum absolute atomic E-state index is 13.2. The van der Waals surface area contributed by atoms with E-state index in [2.05, 4.69) is 10.3 Å². The maximum atomic E-state index is 13.2. The van der Waals surface area contributed by atoms with E-state index < -0.39 is 12.1 Å². The van der Waals surface area contributed by atoms with Crippen LogP contribution in [0.25, 0.3) is 10.2 Å². The Kier molecular flexibility index (Phi) is 4.78. The molecule has 1 aliphatic heterocycles. The number of carbonyl (C=O) groups excluding carboxylic acids is 1. The number of nitrogens with zero attached hydrogens (tertiary/aromatic N) is 2. The third-order valence-corrected chi connectivity index (χ3v) is 6.18. The molecular formula is C22H23N3O3S. The van der Waals surface area contributed by atoms with Crippen molar-refractivity contribution in [1.29, 1.82) is 0 Å². The minimum Gasteiger partial charge on any atom is -0.465 e. The third kappa shape index (κ3) is 3.58. The number of amides is 2. The summed E-state index contributed by atoms with van der Waals surface area (Å²) >= 11 is 1.42. The van der Waals surface area contributed by atoms with Gasteiger partial charge in [-0.15, -0.1) is 0 Å². The molecule has 1 atom stereocenters. The molecule has 1 aromatic heterocycles. The number of nitrogens with one attached hydrogen (secondary N) is 1. The lowest BCUT2D eigenvalue weighted by molar-refractivity contribution is 0.0745. The molecule has 2 aromatic carbocycles. The Balaban J connectivity index is 1.75. The number of anilines is 1. The van der Waals surface area contributed by atoms with Gasteiger partial charge in [-0.05, 0) is 41.2 Å². The van der Waals surface area contributed by atoms with Gasteiger partial charge in [0.25, 0.3) is 5.91 Å². The highest BCUT2D eigenvalue weighted by Crippen LogP contribution is 2.44. The highest BCUT2D eigenvalue weighted by molar-refractivity contribution is 7.22. The van der Waals surface area contributed by atoms with Crippen molar-refractivity contribution < 1.29 is 14.7 Å². The average Bonchev–Trinajstić information content (AvgIpc) is 3.07. The zero-order valence-electron chi connectivity index (χ0n) is 16.6. The van der Waals surface area contributed by atoms with Crippen molar-refractivity contribution in [2.75, 3.05) is 11.9 Å². The minimum absolute atomic E-state index is 0.262. The van der Waals surface area contributed by atoms with E-state index in [0.717, 1.165) is 21.3 Å². The molecule has 150 valence electrons. The first-order chi connectivity index (χ1) is 13.8. The van der Waals surface area contributed by atoms with Crippen LogP contribution in [0.3, 0.4) is 0 Å². The highest BCUT2D eigenvalue weighted by Gasteiger charge is 2.40. The number of fused-ring (bicyclic) bond motifs is 2. The molecule has 1 unspecified atom stereocenters. The number of carbonyl (C=O) groups is 2. The van der Waals surface area contributed by atoms with Crippen LogP contribution in [0.2, 0.25) is 0 Å². The monoisotopic (exact) mass is 409 g/mol. The molecular weight excluding hydrogens is 386 g/mol. The van der Waals surface area contributed by atoms with Crippen molar-refractivity contribution in [3.63, 3.8) is 0 Å². The molecule has 0 fully saturated rings. The molecule has 0 spiro atoms. The lowest BCUT2D eigenvalue weighted by Crippen LogP contribution is -2.45. The fraction of sp³-hybridized carbons (Fsp3) is 0.318. The molecule has 29 heavy (non-hydrogen) atoms. The van der Waals surface area contributed by atoms with Gasteiger partial charge < -0.3 is 10.0 Å². The first-order valence-corrected chi connectivity index (χ1v) is 10.4. The van der Waals surface area contributed by atoms with Gasteiger partial charge in [0.2, 0.25) is 0 Å². The summed E-state index contributed by atoms with van der Waals surface area (Å²) in [5.74, 6) is -0.262. The summed E-state index contributed by atoms with van der Waals surface area (Å²) in [5, 5.41) is 13.2. The number of thiazole rings is 1. The Labute approximate surface area is 173 Å². The average molecular weight is 410 g/mol. The SMILES string of the molecule is CC(C)(C)C1c2c(cccc2C(=O)Nc2nc3ccccc3s2)CCN1C(=O)O. The van der Waals surface area contributed by atoms with Gasteiger partial charge in [-0.2, -0.15) is 0 Å². The second-order valence-corrected chi connectivity index (χ2v) is 9.34. The number of hydrogen-bond donors (Lipinski definition) is 2. The molecule has 3 aromatic rings. The van der Waals surface area contributed by atoms with Crippen LogP contribution in [0.1, 0.15) is 48.3 Å². The summed E-state index contributed by atoms with van der Waals surface area (Å²) in [6, 6.07) is 12.9. The molecule has 1 aliphatic rings. The zero-order valence-corrected chi connectivity index (χ0v) is 17.4. The van der Waals surface area contributed by atoms with E-state index in [1.165, 1.54) is 16.2 Å². The molecule has 0 saturated heterocycles. The van der Waals surface area contributed by atoms with Gasteiger partial charge in [0, 0.05) is 12.1 Å². The number of rotatable bonds is 2. The van der Waals surface area contributed by atoms with Gasteiger partial charge in [0.1, 0.15) is 0 Å². The summed E-state index contributed by atoms with van der Waals surface area (Å²) in [5.41, 5.74) is 2.81. The predicted octanol–water partition coefficient (Wildman–Crippen LogP) is 5.17. The van der Waals surface area contributed by atoms with Gasteiger partial charge in [0.15, 0.2) is 5.13 Å². The molecule has 7 heteroatoms. The number of aromatic nitrogens is 1. The summed E-state index contributed by atoms with van der Waals surface area (Å²) in [6.45, 7) is 6.44. The van der Waals surface area contributed by atoms with Gasteiger partial charge in [-0.1, -0.05) is 56.4 Å². The molecule has 6 nitrogen and oxygen atoms in total. The smallest absolute Gasteiger partial charge is 0.407 e.